The van der Waals surface area contributed by atoms with Crippen molar-refractivity contribution in [1.29, 1.82) is 0 Å². The molecule has 5 rings (SSSR count). The molecule has 0 unspecified atom stereocenters. The molecular weight excluding hydrogens is 422 g/mol. The van der Waals surface area contributed by atoms with E-state index in [1.165, 1.54) is 4.57 Å². The average Bonchev–Trinajstić information content (AvgIpc) is 3.25. The molecule has 0 fully saturated rings. The molecule has 1 aromatic carbocycles. The minimum Gasteiger partial charge on any atom is -0.268 e. The summed E-state index contributed by atoms with van der Waals surface area (Å²) in [6.07, 6.45) is 3.25. The second-order valence-corrected chi connectivity index (χ2v) is 7.39. The standard InChI is InChI=1S/C19H14BrN7O/c1-10-16(12-3-5-13(20)6-4-12)17-21-9-14-15(27(17)25-10)7-8-26(18(14)28)19-22-11(2)23-24-19/h3-9H,1-2H3,(H,22,23,24). The first kappa shape index (κ1) is 16.8. The van der Waals surface area contributed by atoms with Gasteiger partial charge in [-0.05, 0) is 37.6 Å². The Bertz CT molecular complexity index is 1410. The predicted octanol–water partition coefficient (Wildman–Crippen LogP) is 3.20. The van der Waals surface area contributed by atoms with Crippen LogP contribution in [-0.4, -0.2) is 34.3 Å². The number of rotatable bonds is 2. The first-order valence-corrected chi connectivity index (χ1v) is 9.37. The minimum atomic E-state index is -0.246. The number of hydrogen-bond donors (Lipinski definition) is 1. The maximum absolute atomic E-state index is 13.0. The molecule has 0 bridgehead atoms. The lowest BCUT2D eigenvalue weighted by atomic mass is 10.1. The van der Waals surface area contributed by atoms with Crippen molar-refractivity contribution in [3.8, 4) is 17.1 Å². The van der Waals surface area contributed by atoms with Gasteiger partial charge in [-0.15, -0.1) is 5.10 Å². The first-order chi connectivity index (χ1) is 13.5. The van der Waals surface area contributed by atoms with E-state index in [1.807, 2.05) is 37.3 Å². The molecule has 1 N–H and O–H groups in total. The highest BCUT2D eigenvalue weighted by Gasteiger charge is 2.17. The summed E-state index contributed by atoms with van der Waals surface area (Å²) in [5, 5.41) is 11.9. The van der Waals surface area contributed by atoms with Crippen LogP contribution in [0.4, 0.5) is 0 Å². The quantitative estimate of drug-likeness (QED) is 0.459. The van der Waals surface area contributed by atoms with Gasteiger partial charge in [0.2, 0.25) is 0 Å². The number of hydrogen-bond acceptors (Lipinski definition) is 5. The van der Waals surface area contributed by atoms with E-state index in [-0.39, 0.29) is 5.56 Å². The molecule has 0 spiro atoms. The van der Waals surface area contributed by atoms with Gasteiger partial charge in [0, 0.05) is 22.4 Å². The zero-order valence-electron chi connectivity index (χ0n) is 15.0. The van der Waals surface area contributed by atoms with Crippen molar-refractivity contribution in [2.45, 2.75) is 13.8 Å². The van der Waals surface area contributed by atoms with Crippen LogP contribution in [-0.2, 0) is 0 Å². The van der Waals surface area contributed by atoms with Crippen molar-refractivity contribution in [2.24, 2.45) is 0 Å². The van der Waals surface area contributed by atoms with Gasteiger partial charge in [-0.2, -0.15) is 10.1 Å². The monoisotopic (exact) mass is 435 g/mol. The van der Waals surface area contributed by atoms with Gasteiger partial charge in [0.25, 0.3) is 11.5 Å². The number of H-pyrrole nitrogens is 1. The van der Waals surface area contributed by atoms with E-state index in [9.17, 15) is 4.79 Å². The van der Waals surface area contributed by atoms with Crippen molar-refractivity contribution < 1.29 is 0 Å². The molecule has 0 aliphatic rings. The summed E-state index contributed by atoms with van der Waals surface area (Å²) in [6.45, 7) is 3.72. The fourth-order valence-electron chi connectivity index (χ4n) is 3.33. The fraction of sp³-hybridized carbons (Fsp3) is 0.105. The lowest BCUT2D eigenvalue weighted by Gasteiger charge is -2.05. The molecule has 0 saturated carbocycles. The van der Waals surface area contributed by atoms with Gasteiger partial charge in [0.05, 0.1) is 16.6 Å². The Morgan fingerprint density at radius 3 is 2.61 bits per heavy atom. The van der Waals surface area contributed by atoms with Gasteiger partial charge in [-0.25, -0.2) is 14.1 Å². The van der Waals surface area contributed by atoms with Crippen LogP contribution in [0, 0.1) is 13.8 Å². The Kier molecular flexibility index (Phi) is 3.66. The van der Waals surface area contributed by atoms with Crippen LogP contribution in [0.3, 0.4) is 0 Å². The minimum absolute atomic E-state index is 0.246. The first-order valence-electron chi connectivity index (χ1n) is 8.58. The van der Waals surface area contributed by atoms with Gasteiger partial charge in [-0.3, -0.25) is 9.89 Å². The number of fused-ring (bicyclic) bond motifs is 3. The lowest BCUT2D eigenvalue weighted by Crippen LogP contribution is -2.20. The third-order valence-electron chi connectivity index (χ3n) is 4.62. The van der Waals surface area contributed by atoms with Crippen LogP contribution >= 0.6 is 15.9 Å². The molecule has 28 heavy (non-hydrogen) atoms. The molecule has 9 heteroatoms. The highest BCUT2D eigenvalue weighted by molar-refractivity contribution is 9.10. The second-order valence-electron chi connectivity index (χ2n) is 6.47. The number of nitrogens with zero attached hydrogens (tertiary/aromatic N) is 6. The Labute approximate surface area is 167 Å². The zero-order valence-corrected chi connectivity index (χ0v) is 16.6. The van der Waals surface area contributed by atoms with E-state index >= 15 is 0 Å². The summed E-state index contributed by atoms with van der Waals surface area (Å²) < 4.78 is 4.12. The molecule has 138 valence electrons. The van der Waals surface area contributed by atoms with Gasteiger partial charge >= 0.3 is 0 Å². The van der Waals surface area contributed by atoms with E-state index in [1.54, 1.807) is 23.8 Å². The summed E-state index contributed by atoms with van der Waals surface area (Å²) in [4.78, 5) is 21.7. The Balaban J connectivity index is 1.77. The normalized spacial score (nSPS) is 11.5. The maximum atomic E-state index is 13.0. The maximum Gasteiger partial charge on any atom is 0.268 e. The van der Waals surface area contributed by atoms with E-state index in [2.05, 4.69) is 41.2 Å². The molecule has 0 saturated heterocycles. The largest absolute Gasteiger partial charge is 0.268 e. The molecule has 4 heterocycles. The number of aromatic nitrogens is 7. The van der Waals surface area contributed by atoms with Crippen molar-refractivity contribution in [3.63, 3.8) is 0 Å². The molecule has 4 aromatic heterocycles. The molecule has 0 aliphatic heterocycles. The van der Waals surface area contributed by atoms with Crippen molar-refractivity contribution >= 4 is 32.5 Å². The Hall–Kier alpha value is -3.33. The summed E-state index contributed by atoms with van der Waals surface area (Å²) in [5.74, 6) is 0.939. The van der Waals surface area contributed by atoms with Gasteiger partial charge < -0.3 is 0 Å². The summed E-state index contributed by atoms with van der Waals surface area (Å²) in [7, 11) is 0. The molecule has 5 aromatic rings. The van der Waals surface area contributed by atoms with E-state index < -0.39 is 0 Å². The molecule has 8 nitrogen and oxygen atoms in total. The topological polar surface area (TPSA) is 93.8 Å². The smallest absolute Gasteiger partial charge is 0.268 e. The summed E-state index contributed by atoms with van der Waals surface area (Å²) in [5.41, 5.74) is 3.96. The Morgan fingerprint density at radius 2 is 1.89 bits per heavy atom. The number of aryl methyl sites for hydroxylation is 2. The van der Waals surface area contributed by atoms with Gasteiger partial charge in [0.1, 0.15) is 5.82 Å². The average molecular weight is 436 g/mol. The van der Waals surface area contributed by atoms with Crippen LogP contribution < -0.4 is 5.56 Å². The van der Waals surface area contributed by atoms with Crippen LogP contribution in [0.5, 0.6) is 0 Å². The van der Waals surface area contributed by atoms with Crippen LogP contribution in [0.2, 0.25) is 0 Å². The van der Waals surface area contributed by atoms with Crippen LogP contribution in [0.1, 0.15) is 11.5 Å². The highest BCUT2D eigenvalue weighted by Crippen LogP contribution is 2.29. The van der Waals surface area contributed by atoms with Gasteiger partial charge in [0.15, 0.2) is 5.65 Å². The second kappa shape index (κ2) is 6.10. The number of aromatic amines is 1. The summed E-state index contributed by atoms with van der Waals surface area (Å²) >= 11 is 3.46. The highest BCUT2D eigenvalue weighted by atomic mass is 79.9. The molecular formula is C19H14BrN7O. The van der Waals surface area contributed by atoms with Crippen molar-refractivity contribution in [3.05, 3.63) is 69.1 Å². The SMILES string of the molecule is Cc1nc(-n2ccc3c(cnc4c(-c5ccc(Br)cc5)c(C)nn43)c2=O)n[nH]1. The lowest BCUT2D eigenvalue weighted by molar-refractivity contribution is 0.892. The predicted molar refractivity (Wildman–Crippen MR) is 109 cm³/mol. The Morgan fingerprint density at radius 1 is 1.11 bits per heavy atom. The van der Waals surface area contributed by atoms with E-state index in [0.717, 1.165) is 21.3 Å². The molecule has 0 aliphatic carbocycles. The number of pyridine rings is 1. The van der Waals surface area contributed by atoms with E-state index in [4.69, 9.17) is 0 Å². The summed E-state index contributed by atoms with van der Waals surface area (Å²) in [6, 6.07) is 9.83. The van der Waals surface area contributed by atoms with Crippen LogP contribution in [0.25, 0.3) is 33.6 Å². The number of benzene rings is 1. The van der Waals surface area contributed by atoms with E-state index in [0.29, 0.717) is 28.3 Å². The number of halogens is 1. The molecule has 0 radical (unpaired) electrons. The van der Waals surface area contributed by atoms with Crippen LogP contribution in [0.15, 0.2) is 52.0 Å². The third-order valence-corrected chi connectivity index (χ3v) is 5.15. The van der Waals surface area contributed by atoms with Gasteiger partial charge in [-0.1, -0.05) is 28.1 Å². The third kappa shape index (κ3) is 2.47. The number of nitrogens with one attached hydrogen (secondary N) is 1. The molecule has 0 amide bonds. The fourth-order valence-corrected chi connectivity index (χ4v) is 3.59. The van der Waals surface area contributed by atoms with Crippen molar-refractivity contribution in [1.82, 2.24) is 34.3 Å². The van der Waals surface area contributed by atoms with Crippen molar-refractivity contribution in [2.75, 3.05) is 0 Å². The zero-order chi connectivity index (χ0) is 19.4. The molecule has 0 atom stereocenters.